The molecule has 1 aliphatic carbocycles. The molecule has 2 saturated heterocycles. The summed E-state index contributed by atoms with van der Waals surface area (Å²) in [5.41, 5.74) is -0.462. The van der Waals surface area contributed by atoms with Crippen molar-refractivity contribution in [1.82, 2.24) is 9.80 Å². The van der Waals surface area contributed by atoms with Gasteiger partial charge in [0.1, 0.15) is 6.04 Å². The first-order chi connectivity index (χ1) is 12.2. The van der Waals surface area contributed by atoms with Crippen molar-refractivity contribution < 1.29 is 19.5 Å². The molecule has 3 rings (SSSR count). The summed E-state index contributed by atoms with van der Waals surface area (Å²) in [6.45, 7) is 6.81. The zero-order valence-electron chi connectivity index (χ0n) is 16.2. The molecule has 1 N–H and O–H groups in total. The van der Waals surface area contributed by atoms with Crippen molar-refractivity contribution in [1.29, 1.82) is 0 Å². The van der Waals surface area contributed by atoms with Gasteiger partial charge in [-0.25, -0.2) is 4.79 Å². The van der Waals surface area contributed by atoms with Crippen molar-refractivity contribution in [2.75, 3.05) is 13.1 Å². The first-order valence-electron chi connectivity index (χ1n) is 10.0. The lowest BCUT2D eigenvalue weighted by Crippen LogP contribution is -2.53. The lowest BCUT2D eigenvalue weighted by Gasteiger charge is -2.40. The minimum Gasteiger partial charge on any atom is -0.480 e. The zero-order valence-corrected chi connectivity index (χ0v) is 16.2. The van der Waals surface area contributed by atoms with Gasteiger partial charge in [0.2, 0.25) is 11.8 Å². The molecule has 2 aliphatic heterocycles. The van der Waals surface area contributed by atoms with E-state index in [1.165, 1.54) is 0 Å². The lowest BCUT2D eigenvalue weighted by atomic mass is 9.84. The van der Waals surface area contributed by atoms with Crippen molar-refractivity contribution in [3.63, 3.8) is 0 Å². The van der Waals surface area contributed by atoms with E-state index in [1.807, 2.05) is 20.8 Å². The summed E-state index contributed by atoms with van der Waals surface area (Å²) in [4.78, 5) is 41.2. The second-order valence-electron chi connectivity index (χ2n) is 9.29. The number of piperidine rings is 1. The van der Waals surface area contributed by atoms with Gasteiger partial charge in [0.05, 0.1) is 5.92 Å². The maximum Gasteiger partial charge on any atom is 0.326 e. The number of hydrogen-bond donors (Lipinski definition) is 1. The van der Waals surface area contributed by atoms with Gasteiger partial charge in [-0.3, -0.25) is 9.59 Å². The second kappa shape index (κ2) is 7.20. The third-order valence-corrected chi connectivity index (χ3v) is 6.33. The van der Waals surface area contributed by atoms with Crippen molar-refractivity contribution in [2.24, 2.45) is 17.3 Å². The van der Waals surface area contributed by atoms with Crippen LogP contribution < -0.4 is 0 Å². The Bertz CT molecular complexity index is 583. The van der Waals surface area contributed by atoms with Crippen LogP contribution in [0.3, 0.4) is 0 Å². The monoisotopic (exact) mass is 364 g/mol. The maximum absolute atomic E-state index is 13.3. The van der Waals surface area contributed by atoms with Crippen LogP contribution in [0.25, 0.3) is 0 Å². The van der Waals surface area contributed by atoms with E-state index in [-0.39, 0.29) is 23.8 Å². The lowest BCUT2D eigenvalue weighted by molar-refractivity contribution is -0.154. The maximum atomic E-state index is 13.3. The van der Waals surface area contributed by atoms with Crippen LogP contribution in [-0.4, -0.2) is 57.9 Å². The minimum absolute atomic E-state index is 0.0433. The van der Waals surface area contributed by atoms with Crippen molar-refractivity contribution in [2.45, 2.75) is 77.8 Å². The van der Waals surface area contributed by atoms with Crippen LogP contribution >= 0.6 is 0 Å². The standard InChI is InChI=1S/C20H32N2O4/c1-20(2,3)19(26)21-10-6-8-14(12-21)17(23)22-15-9-5-4-7-13(15)11-16(22)18(24)25/h13-16H,4-12H2,1-3H3,(H,24,25). The number of aliphatic carboxylic acids is 1. The molecule has 146 valence electrons. The zero-order chi connectivity index (χ0) is 19.1. The summed E-state index contributed by atoms with van der Waals surface area (Å²) in [6, 6.07) is -0.615. The molecule has 1 saturated carbocycles. The fraction of sp³-hybridized carbons (Fsp3) is 0.850. The molecular weight excluding hydrogens is 332 g/mol. The SMILES string of the molecule is CC(C)(C)C(=O)N1CCCC(C(=O)N2C(C(=O)O)CC3CCCCC32)C1. The molecule has 0 spiro atoms. The van der Waals surface area contributed by atoms with Crippen LogP contribution in [-0.2, 0) is 14.4 Å². The highest BCUT2D eigenvalue weighted by molar-refractivity contribution is 5.87. The molecule has 0 radical (unpaired) electrons. The largest absolute Gasteiger partial charge is 0.480 e. The Morgan fingerprint density at radius 3 is 2.35 bits per heavy atom. The van der Waals surface area contributed by atoms with Crippen LogP contribution in [0.15, 0.2) is 0 Å². The van der Waals surface area contributed by atoms with E-state index >= 15 is 0 Å². The molecule has 26 heavy (non-hydrogen) atoms. The average Bonchev–Trinajstić information content (AvgIpc) is 2.99. The molecule has 6 nitrogen and oxygen atoms in total. The van der Waals surface area contributed by atoms with E-state index in [0.29, 0.717) is 25.4 Å². The van der Waals surface area contributed by atoms with Gasteiger partial charge in [0, 0.05) is 24.5 Å². The molecule has 2 heterocycles. The molecular formula is C20H32N2O4. The van der Waals surface area contributed by atoms with E-state index < -0.39 is 17.4 Å². The minimum atomic E-state index is -0.883. The first kappa shape index (κ1) is 19.2. The van der Waals surface area contributed by atoms with E-state index in [9.17, 15) is 19.5 Å². The summed E-state index contributed by atoms with van der Waals surface area (Å²) in [7, 11) is 0. The van der Waals surface area contributed by atoms with Gasteiger partial charge < -0.3 is 14.9 Å². The first-order valence-corrected chi connectivity index (χ1v) is 10.0. The van der Waals surface area contributed by atoms with Gasteiger partial charge in [0.15, 0.2) is 0 Å². The van der Waals surface area contributed by atoms with Gasteiger partial charge in [-0.15, -0.1) is 0 Å². The highest BCUT2D eigenvalue weighted by Gasteiger charge is 2.49. The Morgan fingerprint density at radius 2 is 1.69 bits per heavy atom. The Morgan fingerprint density at radius 1 is 1.00 bits per heavy atom. The normalized spacial score (nSPS) is 32.3. The van der Waals surface area contributed by atoms with Crippen molar-refractivity contribution in [3.05, 3.63) is 0 Å². The highest BCUT2D eigenvalue weighted by atomic mass is 16.4. The van der Waals surface area contributed by atoms with Gasteiger partial charge in [-0.1, -0.05) is 33.6 Å². The summed E-state index contributed by atoms with van der Waals surface area (Å²) in [6.07, 6.45) is 6.27. The number of likely N-dealkylation sites (tertiary alicyclic amines) is 2. The Kier molecular flexibility index (Phi) is 5.31. The highest BCUT2D eigenvalue weighted by Crippen LogP contribution is 2.41. The summed E-state index contributed by atoms with van der Waals surface area (Å²) >= 11 is 0. The van der Waals surface area contributed by atoms with Crippen LogP contribution in [0.4, 0.5) is 0 Å². The Balaban J connectivity index is 1.76. The van der Waals surface area contributed by atoms with E-state index in [0.717, 1.165) is 38.5 Å². The Labute approximate surface area is 155 Å². The number of carboxylic acids is 1. The molecule has 6 heteroatoms. The molecule has 0 aromatic rings. The molecule has 3 aliphatic rings. The summed E-state index contributed by atoms with van der Waals surface area (Å²) in [5.74, 6) is -0.798. The summed E-state index contributed by atoms with van der Waals surface area (Å²) < 4.78 is 0. The van der Waals surface area contributed by atoms with Gasteiger partial charge in [-0.05, 0) is 38.0 Å². The van der Waals surface area contributed by atoms with Crippen LogP contribution in [0.1, 0.15) is 65.7 Å². The number of carbonyl (C=O) groups is 3. The van der Waals surface area contributed by atoms with Crippen molar-refractivity contribution in [3.8, 4) is 0 Å². The van der Waals surface area contributed by atoms with E-state index in [4.69, 9.17) is 0 Å². The van der Waals surface area contributed by atoms with E-state index in [1.54, 1.807) is 9.80 Å². The van der Waals surface area contributed by atoms with Crippen molar-refractivity contribution >= 4 is 17.8 Å². The predicted octanol–water partition coefficient (Wildman–Crippen LogP) is 2.52. The topological polar surface area (TPSA) is 77.9 Å². The number of fused-ring (bicyclic) bond motifs is 1. The molecule has 3 fully saturated rings. The van der Waals surface area contributed by atoms with E-state index in [2.05, 4.69) is 0 Å². The van der Waals surface area contributed by atoms with Gasteiger partial charge >= 0.3 is 5.97 Å². The van der Waals surface area contributed by atoms with Crippen LogP contribution in [0.2, 0.25) is 0 Å². The smallest absolute Gasteiger partial charge is 0.326 e. The molecule has 4 atom stereocenters. The van der Waals surface area contributed by atoms with Gasteiger partial charge in [0.25, 0.3) is 0 Å². The third-order valence-electron chi connectivity index (χ3n) is 6.33. The number of carboxylic acid groups (broad SMARTS) is 1. The Hall–Kier alpha value is -1.59. The number of nitrogens with zero attached hydrogens (tertiary/aromatic N) is 2. The molecule has 0 bridgehead atoms. The summed E-state index contributed by atoms with van der Waals surface area (Å²) in [5, 5.41) is 9.67. The van der Waals surface area contributed by atoms with Gasteiger partial charge in [-0.2, -0.15) is 0 Å². The molecule has 0 aromatic carbocycles. The number of hydrogen-bond acceptors (Lipinski definition) is 3. The second-order valence-corrected chi connectivity index (χ2v) is 9.29. The fourth-order valence-electron chi connectivity index (χ4n) is 5.05. The molecule has 0 aromatic heterocycles. The number of amides is 2. The average molecular weight is 364 g/mol. The fourth-order valence-corrected chi connectivity index (χ4v) is 5.05. The third kappa shape index (κ3) is 3.60. The molecule has 4 unspecified atom stereocenters. The number of carbonyl (C=O) groups excluding carboxylic acids is 2. The predicted molar refractivity (Wildman–Crippen MR) is 97.4 cm³/mol. The van der Waals surface area contributed by atoms with Crippen LogP contribution in [0, 0.1) is 17.3 Å². The quantitative estimate of drug-likeness (QED) is 0.817. The molecule has 2 amide bonds. The number of rotatable bonds is 2. The van der Waals surface area contributed by atoms with Crippen LogP contribution in [0.5, 0.6) is 0 Å².